The van der Waals surface area contributed by atoms with E-state index in [-0.39, 0.29) is 0 Å². The fourth-order valence-corrected chi connectivity index (χ4v) is 1.95. The molecule has 90 valence electrons. The second-order valence-electron chi connectivity index (χ2n) is 3.69. The van der Waals surface area contributed by atoms with Gasteiger partial charge in [0.15, 0.2) is 0 Å². The predicted molar refractivity (Wildman–Crippen MR) is 69.6 cm³/mol. The second kappa shape index (κ2) is 5.82. The highest BCUT2D eigenvalue weighted by Gasteiger charge is 2.01. The van der Waals surface area contributed by atoms with Crippen molar-refractivity contribution >= 4 is 15.9 Å². The van der Waals surface area contributed by atoms with E-state index in [0.717, 1.165) is 29.7 Å². The van der Waals surface area contributed by atoms with Gasteiger partial charge in [-0.1, -0.05) is 33.3 Å². The Morgan fingerprint density at radius 1 is 1.29 bits per heavy atom. The summed E-state index contributed by atoms with van der Waals surface area (Å²) in [6, 6.07) is 7.96. The van der Waals surface area contributed by atoms with E-state index in [1.54, 1.807) is 7.11 Å². The van der Waals surface area contributed by atoms with Gasteiger partial charge in [-0.2, -0.15) is 0 Å². The molecule has 0 aliphatic carbocycles. The Labute approximate surface area is 109 Å². The topological polar surface area (TPSA) is 39.9 Å². The number of benzene rings is 1. The number of aromatic nitrogens is 3. The maximum Gasteiger partial charge on any atom is 0.118 e. The molecule has 17 heavy (non-hydrogen) atoms. The van der Waals surface area contributed by atoms with Gasteiger partial charge in [0, 0.05) is 17.9 Å². The summed E-state index contributed by atoms with van der Waals surface area (Å²) in [5.41, 5.74) is 2.19. The third kappa shape index (κ3) is 3.30. The number of halogens is 1. The molecule has 1 aromatic carbocycles. The minimum absolute atomic E-state index is 0.735. The van der Waals surface area contributed by atoms with Gasteiger partial charge < -0.3 is 4.74 Å². The van der Waals surface area contributed by atoms with Gasteiger partial charge in [-0.15, -0.1) is 5.10 Å². The Bertz CT molecular complexity index is 467. The smallest absolute Gasteiger partial charge is 0.118 e. The molecule has 0 amide bonds. The van der Waals surface area contributed by atoms with Crippen molar-refractivity contribution in [3.63, 3.8) is 0 Å². The van der Waals surface area contributed by atoms with Gasteiger partial charge >= 0.3 is 0 Å². The van der Waals surface area contributed by atoms with Crippen LogP contribution in [0.25, 0.3) is 0 Å². The molecule has 0 fully saturated rings. The summed E-state index contributed by atoms with van der Waals surface area (Å²) in [5, 5.41) is 9.09. The van der Waals surface area contributed by atoms with Crippen LogP contribution in [-0.4, -0.2) is 27.4 Å². The lowest BCUT2D eigenvalue weighted by Crippen LogP contribution is -2.00. The molecular formula is C12H14BrN3O. The zero-order valence-corrected chi connectivity index (χ0v) is 11.2. The number of ether oxygens (including phenoxy) is 1. The van der Waals surface area contributed by atoms with Crippen LogP contribution in [0, 0.1) is 0 Å². The third-order valence-electron chi connectivity index (χ3n) is 2.44. The van der Waals surface area contributed by atoms with Gasteiger partial charge in [0.2, 0.25) is 0 Å². The highest BCUT2D eigenvalue weighted by atomic mass is 79.9. The molecule has 0 radical (unpaired) electrons. The molecule has 0 aliphatic heterocycles. The van der Waals surface area contributed by atoms with Crippen molar-refractivity contribution in [2.75, 3.05) is 12.4 Å². The molecule has 0 N–H and O–H groups in total. The predicted octanol–water partition coefficient (Wildman–Crippen LogP) is 2.27. The molecule has 2 rings (SSSR count). The first-order valence-electron chi connectivity index (χ1n) is 5.39. The summed E-state index contributed by atoms with van der Waals surface area (Å²) in [6.07, 6.45) is 2.88. The maximum atomic E-state index is 5.12. The molecule has 5 heteroatoms. The standard InChI is InChI=1S/C12H14BrN3O/c1-17-12-4-2-10(3-5-12)8-16-9-11(6-7-13)14-15-16/h2-5,9H,6-8H2,1H3. The number of alkyl halides is 1. The first kappa shape index (κ1) is 12.1. The number of aryl methyl sites for hydroxylation is 1. The lowest BCUT2D eigenvalue weighted by molar-refractivity contribution is 0.414. The Balaban J connectivity index is 2.03. The molecule has 0 atom stereocenters. The van der Waals surface area contributed by atoms with Crippen LogP contribution in [0.3, 0.4) is 0 Å². The van der Waals surface area contributed by atoms with Gasteiger partial charge in [0.25, 0.3) is 0 Å². The summed E-state index contributed by atoms with van der Waals surface area (Å²) in [5.74, 6) is 0.868. The van der Waals surface area contributed by atoms with E-state index < -0.39 is 0 Å². The normalized spacial score (nSPS) is 10.5. The Morgan fingerprint density at radius 3 is 2.71 bits per heavy atom. The van der Waals surface area contributed by atoms with Crippen LogP contribution in [0.5, 0.6) is 5.75 Å². The number of nitrogens with zero attached hydrogens (tertiary/aromatic N) is 3. The minimum atomic E-state index is 0.735. The van der Waals surface area contributed by atoms with Gasteiger partial charge in [0.1, 0.15) is 5.75 Å². The van der Waals surface area contributed by atoms with Crippen molar-refractivity contribution in [1.82, 2.24) is 15.0 Å². The second-order valence-corrected chi connectivity index (χ2v) is 4.49. The maximum absolute atomic E-state index is 5.12. The molecular weight excluding hydrogens is 282 g/mol. The van der Waals surface area contributed by atoms with Crippen molar-refractivity contribution < 1.29 is 4.74 Å². The van der Waals surface area contributed by atoms with Crippen molar-refractivity contribution in [2.45, 2.75) is 13.0 Å². The van der Waals surface area contributed by atoms with Crippen molar-refractivity contribution in [2.24, 2.45) is 0 Å². The van der Waals surface area contributed by atoms with E-state index in [1.807, 2.05) is 35.1 Å². The number of hydrogen-bond donors (Lipinski definition) is 0. The zero-order chi connectivity index (χ0) is 12.1. The molecule has 0 saturated carbocycles. The van der Waals surface area contributed by atoms with Gasteiger partial charge in [-0.3, -0.25) is 0 Å². The first-order valence-corrected chi connectivity index (χ1v) is 6.52. The molecule has 0 aliphatic rings. The highest BCUT2D eigenvalue weighted by molar-refractivity contribution is 9.09. The average Bonchev–Trinajstić information content (AvgIpc) is 2.78. The van der Waals surface area contributed by atoms with Crippen LogP contribution in [0.2, 0.25) is 0 Å². The number of methoxy groups -OCH3 is 1. The van der Waals surface area contributed by atoms with E-state index in [0.29, 0.717) is 0 Å². The quantitative estimate of drug-likeness (QED) is 0.795. The molecule has 0 saturated heterocycles. The van der Waals surface area contributed by atoms with Crippen LogP contribution in [-0.2, 0) is 13.0 Å². The van der Waals surface area contributed by atoms with Crippen LogP contribution in [0.15, 0.2) is 30.5 Å². The molecule has 0 bridgehead atoms. The Hall–Kier alpha value is -1.36. The van der Waals surface area contributed by atoms with Crippen LogP contribution >= 0.6 is 15.9 Å². The monoisotopic (exact) mass is 295 g/mol. The Kier molecular flexibility index (Phi) is 4.14. The van der Waals surface area contributed by atoms with E-state index in [1.165, 1.54) is 5.56 Å². The van der Waals surface area contributed by atoms with E-state index >= 15 is 0 Å². The van der Waals surface area contributed by atoms with Crippen LogP contribution < -0.4 is 4.74 Å². The van der Waals surface area contributed by atoms with E-state index in [9.17, 15) is 0 Å². The molecule has 1 aromatic heterocycles. The first-order chi connectivity index (χ1) is 8.31. The van der Waals surface area contributed by atoms with Crippen LogP contribution in [0.4, 0.5) is 0 Å². The molecule has 0 unspecified atom stereocenters. The molecule has 1 heterocycles. The fraction of sp³-hybridized carbons (Fsp3) is 0.333. The number of rotatable bonds is 5. The minimum Gasteiger partial charge on any atom is -0.497 e. The number of hydrogen-bond acceptors (Lipinski definition) is 3. The van der Waals surface area contributed by atoms with Gasteiger partial charge in [0.05, 0.1) is 19.3 Å². The molecule has 2 aromatic rings. The van der Waals surface area contributed by atoms with Gasteiger partial charge in [-0.05, 0) is 17.7 Å². The van der Waals surface area contributed by atoms with E-state index in [2.05, 4.69) is 26.2 Å². The van der Waals surface area contributed by atoms with Gasteiger partial charge in [-0.25, -0.2) is 4.68 Å². The van der Waals surface area contributed by atoms with Crippen molar-refractivity contribution in [1.29, 1.82) is 0 Å². The average molecular weight is 296 g/mol. The van der Waals surface area contributed by atoms with Crippen LogP contribution in [0.1, 0.15) is 11.3 Å². The summed E-state index contributed by atoms with van der Waals surface area (Å²) in [4.78, 5) is 0. The largest absolute Gasteiger partial charge is 0.497 e. The SMILES string of the molecule is COc1ccc(Cn2cc(CCBr)nn2)cc1. The lowest BCUT2D eigenvalue weighted by Gasteiger charge is -2.02. The van der Waals surface area contributed by atoms with Crippen molar-refractivity contribution in [3.05, 3.63) is 41.7 Å². The Morgan fingerprint density at radius 2 is 2.06 bits per heavy atom. The fourth-order valence-electron chi connectivity index (χ4n) is 1.55. The third-order valence-corrected chi connectivity index (χ3v) is 2.84. The summed E-state index contributed by atoms with van der Waals surface area (Å²) in [6.45, 7) is 0.735. The van der Waals surface area contributed by atoms with E-state index in [4.69, 9.17) is 4.74 Å². The molecule has 0 spiro atoms. The molecule has 4 nitrogen and oxygen atoms in total. The lowest BCUT2D eigenvalue weighted by atomic mass is 10.2. The summed E-state index contributed by atoms with van der Waals surface area (Å²) in [7, 11) is 1.67. The summed E-state index contributed by atoms with van der Waals surface area (Å²) >= 11 is 3.39. The van der Waals surface area contributed by atoms with Crippen molar-refractivity contribution in [3.8, 4) is 5.75 Å². The summed E-state index contributed by atoms with van der Waals surface area (Å²) < 4.78 is 6.96. The zero-order valence-electron chi connectivity index (χ0n) is 9.64. The highest BCUT2D eigenvalue weighted by Crippen LogP contribution is 2.12.